The van der Waals surface area contributed by atoms with Crippen molar-refractivity contribution in [1.29, 1.82) is 0 Å². The summed E-state index contributed by atoms with van der Waals surface area (Å²) in [6, 6.07) is 0. The van der Waals surface area contributed by atoms with Gasteiger partial charge in [0.05, 0.1) is 0 Å². The first-order valence-electron chi connectivity index (χ1n) is 6.61. The van der Waals surface area contributed by atoms with E-state index in [0.717, 1.165) is 29.6 Å². The van der Waals surface area contributed by atoms with Crippen LogP contribution in [0.3, 0.4) is 0 Å². The lowest BCUT2D eigenvalue weighted by Crippen LogP contribution is -2.27. The minimum atomic E-state index is 0.174. The van der Waals surface area contributed by atoms with Crippen molar-refractivity contribution < 1.29 is 0 Å². The van der Waals surface area contributed by atoms with Crippen LogP contribution < -0.4 is 16.6 Å². The van der Waals surface area contributed by atoms with Crippen LogP contribution in [0.15, 0.2) is 0 Å². The maximum atomic E-state index is 5.54. The summed E-state index contributed by atoms with van der Waals surface area (Å²) in [4.78, 5) is 9.14. The highest BCUT2D eigenvalue weighted by atomic mass is 32.2. The number of rotatable bonds is 6. The van der Waals surface area contributed by atoms with Crippen LogP contribution in [0.25, 0.3) is 0 Å². The molecule has 1 aromatic rings. The molecule has 4 N–H and O–H groups in total. The number of nitrogens with zero attached hydrogens (tertiary/aromatic N) is 2. The Morgan fingerprint density at radius 1 is 1.32 bits per heavy atom. The molecule has 5 nitrogen and oxygen atoms in total. The summed E-state index contributed by atoms with van der Waals surface area (Å²) in [5.74, 6) is 8.58. The molecule has 0 radical (unpaired) electrons. The smallest absolute Gasteiger partial charge is 0.148 e. The summed E-state index contributed by atoms with van der Waals surface area (Å²) in [5.41, 5.74) is 3.65. The van der Waals surface area contributed by atoms with Gasteiger partial charge in [0.1, 0.15) is 17.5 Å². The Balaban J connectivity index is 2.20. The number of nitrogens with two attached hydrogens (primary N) is 1. The molecule has 0 spiro atoms. The zero-order valence-electron chi connectivity index (χ0n) is 12.1. The van der Waals surface area contributed by atoms with E-state index in [-0.39, 0.29) is 4.75 Å². The van der Waals surface area contributed by atoms with Crippen molar-refractivity contribution in [3.63, 3.8) is 0 Å². The van der Waals surface area contributed by atoms with Gasteiger partial charge in [-0.25, -0.2) is 15.8 Å². The van der Waals surface area contributed by atoms with Crippen LogP contribution in [0, 0.1) is 6.92 Å². The largest absolute Gasteiger partial charge is 0.368 e. The maximum absolute atomic E-state index is 5.54. The van der Waals surface area contributed by atoms with Gasteiger partial charge in [0.25, 0.3) is 0 Å². The molecule has 6 heteroatoms. The van der Waals surface area contributed by atoms with Crippen LogP contribution >= 0.6 is 11.8 Å². The van der Waals surface area contributed by atoms with E-state index in [9.17, 15) is 0 Å². The molecule has 0 aliphatic heterocycles. The fourth-order valence-electron chi connectivity index (χ4n) is 1.74. The van der Waals surface area contributed by atoms with E-state index in [1.165, 1.54) is 12.8 Å². The molecule has 1 saturated carbocycles. The summed E-state index contributed by atoms with van der Waals surface area (Å²) < 4.78 is 0.174. The molecule has 1 heterocycles. The zero-order valence-corrected chi connectivity index (χ0v) is 12.9. The monoisotopic (exact) mass is 281 g/mol. The number of hydrazine groups is 1. The highest BCUT2D eigenvalue weighted by molar-refractivity contribution is 7.99. The SMILES string of the molecule is CSC(C)(C)CNc1nc(C2CC2)nc(NN)c1C. The second-order valence-electron chi connectivity index (χ2n) is 5.64. The van der Waals surface area contributed by atoms with Crippen molar-refractivity contribution in [3.8, 4) is 0 Å². The molecule has 0 aromatic carbocycles. The highest BCUT2D eigenvalue weighted by Gasteiger charge is 2.28. The summed E-state index contributed by atoms with van der Waals surface area (Å²) >= 11 is 1.84. The van der Waals surface area contributed by atoms with E-state index in [4.69, 9.17) is 5.84 Å². The van der Waals surface area contributed by atoms with Crippen molar-refractivity contribution in [2.24, 2.45) is 5.84 Å². The van der Waals surface area contributed by atoms with E-state index in [1.54, 1.807) is 0 Å². The third-order valence-electron chi connectivity index (χ3n) is 3.48. The molecule has 1 aliphatic rings. The number of nitrogens with one attached hydrogen (secondary N) is 2. The zero-order chi connectivity index (χ0) is 14.0. The number of anilines is 2. The lowest BCUT2D eigenvalue weighted by Gasteiger charge is -2.23. The molecule has 1 aromatic heterocycles. The number of thioether (sulfide) groups is 1. The second kappa shape index (κ2) is 5.54. The Morgan fingerprint density at radius 3 is 2.47 bits per heavy atom. The average molecular weight is 281 g/mol. The van der Waals surface area contributed by atoms with Crippen LogP contribution in [-0.2, 0) is 0 Å². The molecule has 1 aliphatic carbocycles. The topological polar surface area (TPSA) is 75.9 Å². The molecule has 19 heavy (non-hydrogen) atoms. The predicted molar refractivity (Wildman–Crippen MR) is 82.6 cm³/mol. The fraction of sp³-hybridized carbons (Fsp3) is 0.692. The Hall–Kier alpha value is -1.01. The van der Waals surface area contributed by atoms with Crippen LogP contribution in [0.5, 0.6) is 0 Å². The third kappa shape index (κ3) is 3.51. The number of aromatic nitrogens is 2. The van der Waals surface area contributed by atoms with Crippen LogP contribution in [0.4, 0.5) is 11.6 Å². The Morgan fingerprint density at radius 2 is 1.95 bits per heavy atom. The van der Waals surface area contributed by atoms with Gasteiger partial charge in [-0.05, 0) is 39.9 Å². The first-order chi connectivity index (χ1) is 8.96. The van der Waals surface area contributed by atoms with E-state index in [0.29, 0.717) is 5.92 Å². The molecular formula is C13H23N5S. The van der Waals surface area contributed by atoms with Crippen LogP contribution in [0.1, 0.15) is 44.0 Å². The Bertz CT molecular complexity index is 457. The summed E-state index contributed by atoms with van der Waals surface area (Å²) in [6.45, 7) is 7.27. The van der Waals surface area contributed by atoms with E-state index < -0.39 is 0 Å². The standard InChI is InChI=1S/C13H23N5S/c1-8-10(15-7-13(2,3)19-4)16-12(9-5-6-9)17-11(8)18-14/h9H,5-7,14H2,1-4H3,(H2,15,16,17,18). The molecule has 0 atom stereocenters. The predicted octanol–water partition coefficient (Wildman–Crippen LogP) is 2.50. The third-order valence-corrected chi connectivity index (χ3v) is 4.73. The fourth-order valence-corrected chi connectivity index (χ4v) is 1.96. The van der Waals surface area contributed by atoms with Gasteiger partial charge in [0, 0.05) is 22.8 Å². The normalized spacial score (nSPS) is 15.4. The van der Waals surface area contributed by atoms with Crippen molar-refractivity contribution in [1.82, 2.24) is 9.97 Å². The number of hydrogen-bond acceptors (Lipinski definition) is 6. The summed E-state index contributed by atoms with van der Waals surface area (Å²) in [6.07, 6.45) is 4.49. The summed E-state index contributed by atoms with van der Waals surface area (Å²) in [7, 11) is 0. The van der Waals surface area contributed by atoms with E-state index in [1.807, 2.05) is 18.7 Å². The molecule has 0 amide bonds. The van der Waals surface area contributed by atoms with E-state index >= 15 is 0 Å². The Kier molecular flexibility index (Phi) is 4.20. The lowest BCUT2D eigenvalue weighted by molar-refractivity contribution is 0.747. The summed E-state index contributed by atoms with van der Waals surface area (Å²) in [5, 5.41) is 3.43. The maximum Gasteiger partial charge on any atom is 0.148 e. The van der Waals surface area contributed by atoms with Gasteiger partial charge >= 0.3 is 0 Å². The lowest BCUT2D eigenvalue weighted by atomic mass is 10.2. The molecular weight excluding hydrogens is 258 g/mol. The van der Waals surface area contributed by atoms with Gasteiger partial charge in [-0.15, -0.1) is 0 Å². The van der Waals surface area contributed by atoms with Crippen molar-refractivity contribution in [2.45, 2.75) is 44.3 Å². The number of hydrogen-bond donors (Lipinski definition) is 3. The molecule has 2 rings (SSSR count). The van der Waals surface area contributed by atoms with Gasteiger partial charge < -0.3 is 10.7 Å². The van der Waals surface area contributed by atoms with Gasteiger partial charge in [0.15, 0.2) is 0 Å². The molecule has 0 bridgehead atoms. The van der Waals surface area contributed by atoms with Gasteiger partial charge in [-0.2, -0.15) is 11.8 Å². The van der Waals surface area contributed by atoms with Gasteiger partial charge in [0.2, 0.25) is 0 Å². The van der Waals surface area contributed by atoms with Gasteiger partial charge in [-0.1, -0.05) is 0 Å². The minimum absolute atomic E-state index is 0.174. The first-order valence-corrected chi connectivity index (χ1v) is 7.83. The quantitative estimate of drug-likeness (QED) is 0.549. The van der Waals surface area contributed by atoms with Gasteiger partial charge in [-0.3, -0.25) is 0 Å². The van der Waals surface area contributed by atoms with E-state index in [2.05, 4.69) is 40.8 Å². The minimum Gasteiger partial charge on any atom is -0.368 e. The second-order valence-corrected chi connectivity index (χ2v) is 7.15. The first kappa shape index (κ1) is 14.4. The van der Waals surface area contributed by atoms with Crippen molar-refractivity contribution >= 4 is 23.4 Å². The molecule has 0 saturated heterocycles. The Labute approximate surface area is 119 Å². The van der Waals surface area contributed by atoms with Crippen molar-refractivity contribution in [3.05, 3.63) is 11.4 Å². The average Bonchev–Trinajstić information content (AvgIpc) is 3.22. The molecule has 0 unspecified atom stereocenters. The van der Waals surface area contributed by atoms with Crippen LogP contribution in [0.2, 0.25) is 0 Å². The highest BCUT2D eigenvalue weighted by Crippen LogP contribution is 2.39. The van der Waals surface area contributed by atoms with Crippen molar-refractivity contribution in [2.75, 3.05) is 23.5 Å². The number of nitrogen functional groups attached to an aromatic ring is 1. The molecule has 1 fully saturated rings. The molecule has 106 valence electrons. The van der Waals surface area contributed by atoms with Crippen LogP contribution in [-0.4, -0.2) is 27.5 Å².